The number of hydrogen-bond acceptors (Lipinski definition) is 5. The summed E-state index contributed by atoms with van der Waals surface area (Å²) in [5.74, 6) is -3.27. The predicted molar refractivity (Wildman–Crippen MR) is 117 cm³/mol. The van der Waals surface area contributed by atoms with E-state index in [2.05, 4.69) is 5.32 Å². The van der Waals surface area contributed by atoms with Crippen LogP contribution < -0.4 is 5.32 Å². The lowest BCUT2D eigenvalue weighted by molar-refractivity contribution is 0.0225. The molecule has 2 aliphatic heterocycles. The second-order valence-corrected chi connectivity index (χ2v) is 11.3. The molecule has 3 rings (SSSR count). The van der Waals surface area contributed by atoms with E-state index in [1.165, 1.54) is 4.90 Å². The van der Waals surface area contributed by atoms with Crippen LogP contribution in [0.15, 0.2) is 17.0 Å². The molecule has 2 fully saturated rings. The van der Waals surface area contributed by atoms with Crippen molar-refractivity contribution in [1.82, 2.24) is 14.5 Å². The van der Waals surface area contributed by atoms with Crippen LogP contribution in [-0.4, -0.2) is 67.4 Å². The smallest absolute Gasteiger partial charge is 0.410 e. The molecule has 0 spiro atoms. The number of piperidine rings is 1. The third-order valence-electron chi connectivity index (χ3n) is 5.70. The maximum atomic E-state index is 14.4. The van der Waals surface area contributed by atoms with E-state index in [0.29, 0.717) is 31.9 Å². The first kappa shape index (κ1) is 25.4. The lowest BCUT2D eigenvalue weighted by atomic mass is 10.1. The van der Waals surface area contributed by atoms with Crippen molar-refractivity contribution >= 4 is 22.0 Å². The molecule has 0 radical (unpaired) electrons. The van der Waals surface area contributed by atoms with Gasteiger partial charge < -0.3 is 15.0 Å². The molecule has 2 aliphatic rings. The Morgan fingerprint density at radius 3 is 2.36 bits per heavy atom. The molecule has 1 N–H and O–H groups in total. The van der Waals surface area contributed by atoms with E-state index < -0.39 is 49.7 Å². The molecule has 2 heterocycles. The minimum Gasteiger partial charge on any atom is -0.444 e. The van der Waals surface area contributed by atoms with Crippen molar-refractivity contribution in [2.45, 2.75) is 69.4 Å². The van der Waals surface area contributed by atoms with Gasteiger partial charge in [0.2, 0.25) is 10.0 Å². The lowest BCUT2D eigenvalue weighted by Crippen LogP contribution is -2.45. The van der Waals surface area contributed by atoms with Crippen molar-refractivity contribution in [2.75, 3.05) is 26.2 Å². The van der Waals surface area contributed by atoms with Gasteiger partial charge in [-0.3, -0.25) is 4.79 Å². The van der Waals surface area contributed by atoms with Gasteiger partial charge in [0.15, 0.2) is 0 Å². The summed E-state index contributed by atoms with van der Waals surface area (Å²) < 4.78 is 61.1. The van der Waals surface area contributed by atoms with Crippen LogP contribution in [0.4, 0.5) is 13.6 Å². The first-order chi connectivity index (χ1) is 15.4. The number of hydrogen-bond donors (Lipinski definition) is 1. The zero-order valence-corrected chi connectivity index (χ0v) is 20.0. The topological polar surface area (TPSA) is 96.0 Å². The molecule has 1 aromatic rings. The molecule has 0 aromatic heterocycles. The highest BCUT2D eigenvalue weighted by atomic mass is 32.2. The van der Waals surface area contributed by atoms with Gasteiger partial charge in [-0.25, -0.2) is 22.0 Å². The number of amides is 2. The predicted octanol–water partition coefficient (Wildman–Crippen LogP) is 3.27. The molecule has 0 saturated carbocycles. The highest BCUT2D eigenvalue weighted by Gasteiger charge is 2.34. The van der Waals surface area contributed by atoms with Gasteiger partial charge in [-0.2, -0.15) is 4.31 Å². The minimum atomic E-state index is -4.19. The van der Waals surface area contributed by atoms with Crippen LogP contribution in [0.3, 0.4) is 0 Å². The summed E-state index contributed by atoms with van der Waals surface area (Å²) in [4.78, 5) is 25.9. The van der Waals surface area contributed by atoms with Gasteiger partial charge in [0.25, 0.3) is 5.91 Å². The monoisotopic (exact) mass is 487 g/mol. The Balaban J connectivity index is 1.73. The highest BCUT2D eigenvalue weighted by molar-refractivity contribution is 7.89. The maximum Gasteiger partial charge on any atom is 0.410 e. The molecule has 1 unspecified atom stereocenters. The number of carbonyl (C=O) groups is 2. The summed E-state index contributed by atoms with van der Waals surface area (Å²) in [5, 5.41) is 2.55. The van der Waals surface area contributed by atoms with Gasteiger partial charge in [-0.15, -0.1) is 0 Å². The number of rotatable bonds is 5. The highest BCUT2D eigenvalue weighted by Crippen LogP contribution is 2.26. The Morgan fingerprint density at radius 2 is 1.73 bits per heavy atom. The van der Waals surface area contributed by atoms with Crippen molar-refractivity contribution in [2.24, 2.45) is 0 Å². The number of sulfonamides is 1. The van der Waals surface area contributed by atoms with Gasteiger partial charge in [-0.05, 0) is 52.5 Å². The van der Waals surface area contributed by atoms with E-state index in [1.807, 2.05) is 0 Å². The number of likely N-dealkylation sites (tertiary alicyclic amines) is 1. The van der Waals surface area contributed by atoms with E-state index in [-0.39, 0.29) is 25.7 Å². The molecule has 1 aromatic carbocycles. The normalized spacial score (nSPS) is 20.0. The molecule has 2 saturated heterocycles. The summed E-state index contributed by atoms with van der Waals surface area (Å²) in [5.41, 5.74) is -1.23. The second kappa shape index (κ2) is 9.92. The second-order valence-electron chi connectivity index (χ2n) is 9.41. The Labute approximate surface area is 193 Å². The molecule has 8 nitrogen and oxygen atoms in total. The van der Waals surface area contributed by atoms with Gasteiger partial charge in [0.05, 0.1) is 11.6 Å². The van der Waals surface area contributed by atoms with Crippen molar-refractivity contribution in [1.29, 1.82) is 0 Å². The van der Waals surface area contributed by atoms with Crippen LogP contribution in [0.2, 0.25) is 0 Å². The number of nitrogens with zero attached hydrogens (tertiary/aromatic N) is 2. The molecule has 11 heteroatoms. The van der Waals surface area contributed by atoms with Gasteiger partial charge in [0.1, 0.15) is 22.1 Å². The number of benzene rings is 1. The Hall–Kier alpha value is -2.27. The van der Waals surface area contributed by atoms with E-state index in [1.54, 1.807) is 20.8 Å². The van der Waals surface area contributed by atoms with Crippen LogP contribution in [0.25, 0.3) is 0 Å². The van der Waals surface area contributed by atoms with E-state index in [4.69, 9.17) is 4.74 Å². The summed E-state index contributed by atoms with van der Waals surface area (Å²) in [6.45, 7) is 6.27. The zero-order chi connectivity index (χ0) is 24.4. The third-order valence-corrected chi connectivity index (χ3v) is 7.62. The van der Waals surface area contributed by atoms with Crippen molar-refractivity contribution in [3.05, 3.63) is 29.3 Å². The molecule has 2 amide bonds. The maximum absolute atomic E-state index is 14.4. The summed E-state index contributed by atoms with van der Waals surface area (Å²) in [6.07, 6.45) is 3.05. The van der Waals surface area contributed by atoms with Crippen LogP contribution in [0, 0.1) is 11.6 Å². The van der Waals surface area contributed by atoms with Gasteiger partial charge in [-0.1, -0.05) is 6.42 Å². The first-order valence-corrected chi connectivity index (χ1v) is 12.6. The largest absolute Gasteiger partial charge is 0.444 e. The fourth-order valence-corrected chi connectivity index (χ4v) is 5.65. The van der Waals surface area contributed by atoms with E-state index in [0.717, 1.165) is 23.2 Å². The Bertz CT molecular complexity index is 1000. The van der Waals surface area contributed by atoms with Crippen molar-refractivity contribution in [3.8, 4) is 0 Å². The SMILES string of the molecule is CC(C)(C)OC(=O)N1CCCC1CNC(=O)c1cc(S(=O)(=O)N2CCCCC2)c(F)cc1F. The minimum absolute atomic E-state index is 0.0309. The zero-order valence-electron chi connectivity index (χ0n) is 19.2. The quantitative estimate of drug-likeness (QED) is 0.688. The van der Waals surface area contributed by atoms with Crippen LogP contribution >= 0.6 is 0 Å². The van der Waals surface area contributed by atoms with Gasteiger partial charge >= 0.3 is 6.09 Å². The molecule has 1 atom stereocenters. The molecule has 0 bridgehead atoms. The van der Waals surface area contributed by atoms with E-state index >= 15 is 0 Å². The number of halogens is 2. The van der Waals surface area contributed by atoms with Gasteiger partial charge in [0, 0.05) is 32.2 Å². The average molecular weight is 488 g/mol. The summed E-state index contributed by atoms with van der Waals surface area (Å²) >= 11 is 0. The lowest BCUT2D eigenvalue weighted by Gasteiger charge is -2.28. The standard InChI is InChI=1S/C22H31F2N3O5S/c1-22(2,3)32-21(29)27-11-7-8-15(27)14-25-20(28)16-12-19(18(24)13-17(16)23)33(30,31)26-9-5-4-6-10-26/h12-13,15H,4-11,14H2,1-3H3,(H,25,28). The fraction of sp³-hybridized carbons (Fsp3) is 0.636. The number of ether oxygens (including phenoxy) is 1. The first-order valence-electron chi connectivity index (χ1n) is 11.2. The Morgan fingerprint density at radius 1 is 1.06 bits per heavy atom. The number of nitrogens with one attached hydrogen (secondary N) is 1. The molecule has 33 heavy (non-hydrogen) atoms. The van der Waals surface area contributed by atoms with Crippen molar-refractivity contribution < 1.29 is 31.5 Å². The fourth-order valence-electron chi connectivity index (χ4n) is 4.06. The Kier molecular flexibility index (Phi) is 7.62. The average Bonchev–Trinajstić information content (AvgIpc) is 3.20. The van der Waals surface area contributed by atoms with Crippen LogP contribution in [0.5, 0.6) is 0 Å². The van der Waals surface area contributed by atoms with E-state index in [9.17, 15) is 26.8 Å². The summed E-state index contributed by atoms with van der Waals surface area (Å²) in [7, 11) is -4.19. The molecular formula is C22H31F2N3O5S. The van der Waals surface area contributed by atoms with Crippen molar-refractivity contribution in [3.63, 3.8) is 0 Å². The molecule has 0 aliphatic carbocycles. The van der Waals surface area contributed by atoms with Crippen LogP contribution in [0.1, 0.15) is 63.2 Å². The van der Waals surface area contributed by atoms with Crippen LogP contribution in [-0.2, 0) is 14.8 Å². The third kappa shape index (κ3) is 6.00. The molecular weight excluding hydrogens is 456 g/mol. The summed E-state index contributed by atoms with van der Waals surface area (Å²) in [6, 6.07) is 0.835. The number of carbonyl (C=O) groups excluding carboxylic acids is 2. The molecule has 184 valence electrons.